The van der Waals surface area contributed by atoms with Crippen LogP contribution in [-0.4, -0.2) is 41.6 Å². The summed E-state index contributed by atoms with van der Waals surface area (Å²) in [6.07, 6.45) is 0. The first kappa shape index (κ1) is 13.5. The van der Waals surface area contributed by atoms with Crippen LogP contribution < -0.4 is 5.73 Å². The summed E-state index contributed by atoms with van der Waals surface area (Å²) in [6, 6.07) is 4.21. The second-order valence-electron chi connectivity index (χ2n) is 4.54. The second kappa shape index (κ2) is 5.38. The van der Waals surface area contributed by atoms with E-state index in [1.807, 2.05) is 0 Å². The van der Waals surface area contributed by atoms with Crippen LogP contribution in [0.3, 0.4) is 0 Å². The number of carbonyl (C=O) groups is 2. The van der Waals surface area contributed by atoms with Crippen molar-refractivity contribution in [2.24, 2.45) is 5.73 Å². The third-order valence-electron chi connectivity index (χ3n) is 3.15. The predicted octanol–water partition coefficient (Wildman–Crippen LogP) is 0.201. The molecule has 1 amide bonds. The molecule has 1 atom stereocenters. The van der Waals surface area contributed by atoms with Crippen LogP contribution in [0, 0.1) is 0 Å². The number of fused-ring (bicyclic) bond motifs is 1. The molecule has 1 heterocycles. The highest BCUT2D eigenvalue weighted by Gasteiger charge is 2.27. The van der Waals surface area contributed by atoms with E-state index in [1.165, 1.54) is 7.11 Å². The molecule has 0 bridgehead atoms. The molecule has 1 unspecified atom stereocenters. The van der Waals surface area contributed by atoms with Crippen molar-refractivity contribution in [1.29, 1.82) is 0 Å². The SMILES string of the molecule is COCC(N)C(=O)N1Cc2ccc(C(=O)O)cc2C1. The Morgan fingerprint density at radius 2 is 2.11 bits per heavy atom. The van der Waals surface area contributed by atoms with Gasteiger partial charge in [0, 0.05) is 20.2 Å². The van der Waals surface area contributed by atoms with Crippen LogP contribution >= 0.6 is 0 Å². The van der Waals surface area contributed by atoms with Crippen molar-refractivity contribution in [3.8, 4) is 0 Å². The minimum atomic E-state index is -0.969. The molecule has 3 N–H and O–H groups in total. The van der Waals surface area contributed by atoms with Crippen LogP contribution in [0.4, 0.5) is 0 Å². The Kier molecular flexibility index (Phi) is 3.82. The monoisotopic (exact) mass is 264 g/mol. The Bertz CT molecular complexity index is 515. The lowest BCUT2D eigenvalue weighted by molar-refractivity contribution is -0.134. The number of carboxylic acids is 1. The number of hydrogen-bond donors (Lipinski definition) is 2. The number of carboxylic acid groups (broad SMARTS) is 1. The molecule has 1 aliphatic rings. The lowest BCUT2D eigenvalue weighted by Gasteiger charge is -2.19. The zero-order valence-corrected chi connectivity index (χ0v) is 10.6. The van der Waals surface area contributed by atoms with Crippen LogP contribution in [-0.2, 0) is 22.6 Å². The molecule has 0 aromatic heterocycles. The first-order chi connectivity index (χ1) is 9.02. The summed E-state index contributed by atoms with van der Waals surface area (Å²) in [6.45, 7) is 1.03. The highest BCUT2D eigenvalue weighted by Crippen LogP contribution is 2.24. The zero-order chi connectivity index (χ0) is 14.0. The Balaban J connectivity index is 2.12. The molecule has 0 aliphatic carbocycles. The number of rotatable bonds is 4. The van der Waals surface area contributed by atoms with Crippen molar-refractivity contribution >= 4 is 11.9 Å². The number of aromatic carboxylic acids is 1. The van der Waals surface area contributed by atoms with Crippen LogP contribution in [0.25, 0.3) is 0 Å². The maximum atomic E-state index is 12.0. The van der Waals surface area contributed by atoms with E-state index in [9.17, 15) is 9.59 Å². The molecule has 0 radical (unpaired) electrons. The molecule has 0 saturated heterocycles. The maximum Gasteiger partial charge on any atom is 0.335 e. The van der Waals surface area contributed by atoms with Gasteiger partial charge in [-0.3, -0.25) is 4.79 Å². The quantitative estimate of drug-likeness (QED) is 0.810. The summed E-state index contributed by atoms with van der Waals surface area (Å²) in [5, 5.41) is 8.93. The lowest BCUT2D eigenvalue weighted by Crippen LogP contribution is -2.43. The minimum Gasteiger partial charge on any atom is -0.478 e. The van der Waals surface area contributed by atoms with E-state index in [4.69, 9.17) is 15.6 Å². The molecular formula is C13H16N2O4. The average Bonchev–Trinajstić information content (AvgIpc) is 2.80. The van der Waals surface area contributed by atoms with Gasteiger partial charge in [-0.2, -0.15) is 0 Å². The van der Waals surface area contributed by atoms with Gasteiger partial charge in [0.25, 0.3) is 0 Å². The highest BCUT2D eigenvalue weighted by molar-refractivity contribution is 5.88. The summed E-state index contributed by atoms with van der Waals surface area (Å²) in [5.41, 5.74) is 7.76. The van der Waals surface area contributed by atoms with E-state index in [1.54, 1.807) is 23.1 Å². The van der Waals surface area contributed by atoms with E-state index in [2.05, 4.69) is 0 Å². The molecule has 6 heteroatoms. The van der Waals surface area contributed by atoms with Gasteiger partial charge in [-0.15, -0.1) is 0 Å². The maximum absolute atomic E-state index is 12.0. The van der Waals surface area contributed by atoms with E-state index in [0.29, 0.717) is 13.1 Å². The standard InChI is InChI=1S/C13H16N2O4/c1-19-7-11(14)12(16)15-5-9-3-2-8(13(17)18)4-10(9)6-15/h2-4,11H,5-7,14H2,1H3,(H,17,18). The number of nitrogens with zero attached hydrogens (tertiary/aromatic N) is 1. The molecule has 6 nitrogen and oxygen atoms in total. The number of amides is 1. The lowest BCUT2D eigenvalue weighted by atomic mass is 10.1. The first-order valence-electron chi connectivity index (χ1n) is 5.91. The van der Waals surface area contributed by atoms with Gasteiger partial charge in [0.1, 0.15) is 6.04 Å². The van der Waals surface area contributed by atoms with E-state index < -0.39 is 12.0 Å². The fourth-order valence-electron chi connectivity index (χ4n) is 2.17. The minimum absolute atomic E-state index is 0.173. The smallest absolute Gasteiger partial charge is 0.335 e. The van der Waals surface area contributed by atoms with Crippen molar-refractivity contribution in [3.05, 3.63) is 34.9 Å². The molecule has 1 aliphatic heterocycles. The largest absolute Gasteiger partial charge is 0.478 e. The van der Waals surface area contributed by atoms with Crippen molar-refractivity contribution < 1.29 is 19.4 Å². The Labute approximate surface area is 110 Å². The molecule has 19 heavy (non-hydrogen) atoms. The van der Waals surface area contributed by atoms with Crippen molar-refractivity contribution in [1.82, 2.24) is 4.90 Å². The number of nitrogens with two attached hydrogens (primary N) is 1. The summed E-state index contributed by atoms with van der Waals surface area (Å²) in [5.74, 6) is -1.15. The summed E-state index contributed by atoms with van der Waals surface area (Å²) in [7, 11) is 1.49. The van der Waals surface area contributed by atoms with Gasteiger partial charge < -0.3 is 20.5 Å². The summed E-state index contributed by atoms with van der Waals surface area (Å²) >= 11 is 0. The van der Waals surface area contributed by atoms with E-state index >= 15 is 0 Å². The molecular weight excluding hydrogens is 248 g/mol. The molecule has 2 rings (SSSR count). The molecule has 1 aromatic carbocycles. The predicted molar refractivity (Wildman–Crippen MR) is 67.5 cm³/mol. The topological polar surface area (TPSA) is 92.9 Å². The van der Waals surface area contributed by atoms with Crippen LogP contribution in [0.2, 0.25) is 0 Å². The van der Waals surface area contributed by atoms with Gasteiger partial charge in [0.15, 0.2) is 0 Å². The van der Waals surface area contributed by atoms with Gasteiger partial charge in [0.2, 0.25) is 5.91 Å². The molecule has 102 valence electrons. The average molecular weight is 264 g/mol. The van der Waals surface area contributed by atoms with E-state index in [-0.39, 0.29) is 18.1 Å². The summed E-state index contributed by atoms with van der Waals surface area (Å²) in [4.78, 5) is 24.5. The van der Waals surface area contributed by atoms with Gasteiger partial charge >= 0.3 is 5.97 Å². The van der Waals surface area contributed by atoms with Gasteiger partial charge in [-0.05, 0) is 23.3 Å². The summed E-state index contributed by atoms with van der Waals surface area (Å²) < 4.78 is 4.86. The van der Waals surface area contributed by atoms with Gasteiger partial charge in [0.05, 0.1) is 12.2 Å². The number of methoxy groups -OCH3 is 1. The van der Waals surface area contributed by atoms with E-state index in [0.717, 1.165) is 11.1 Å². The van der Waals surface area contributed by atoms with Crippen molar-refractivity contribution in [3.63, 3.8) is 0 Å². The van der Waals surface area contributed by atoms with Gasteiger partial charge in [-0.25, -0.2) is 4.79 Å². The van der Waals surface area contributed by atoms with Gasteiger partial charge in [-0.1, -0.05) is 6.07 Å². The molecule has 0 spiro atoms. The third-order valence-corrected chi connectivity index (χ3v) is 3.15. The van der Waals surface area contributed by atoms with Crippen LogP contribution in [0.1, 0.15) is 21.5 Å². The van der Waals surface area contributed by atoms with Crippen molar-refractivity contribution in [2.75, 3.05) is 13.7 Å². The van der Waals surface area contributed by atoms with Crippen molar-refractivity contribution in [2.45, 2.75) is 19.1 Å². The molecule has 0 fully saturated rings. The second-order valence-corrected chi connectivity index (χ2v) is 4.54. The van der Waals surface area contributed by atoms with Crippen LogP contribution in [0.5, 0.6) is 0 Å². The Hall–Kier alpha value is -1.92. The molecule has 0 saturated carbocycles. The fourth-order valence-corrected chi connectivity index (χ4v) is 2.17. The first-order valence-corrected chi connectivity index (χ1v) is 5.91. The number of benzene rings is 1. The molecule has 1 aromatic rings. The third kappa shape index (κ3) is 2.74. The highest BCUT2D eigenvalue weighted by atomic mass is 16.5. The Morgan fingerprint density at radius 1 is 1.42 bits per heavy atom. The fraction of sp³-hybridized carbons (Fsp3) is 0.385. The number of ether oxygens (including phenoxy) is 1. The Morgan fingerprint density at radius 3 is 2.74 bits per heavy atom. The number of carbonyl (C=O) groups excluding carboxylic acids is 1. The van der Waals surface area contributed by atoms with Crippen LogP contribution in [0.15, 0.2) is 18.2 Å². The number of hydrogen-bond acceptors (Lipinski definition) is 4. The normalized spacial score (nSPS) is 15.2. The zero-order valence-electron chi connectivity index (χ0n) is 10.6.